The Morgan fingerprint density at radius 1 is 1.28 bits per heavy atom. The van der Waals surface area contributed by atoms with Crippen molar-refractivity contribution in [3.63, 3.8) is 0 Å². The lowest BCUT2D eigenvalue weighted by Crippen LogP contribution is -2.51. The van der Waals surface area contributed by atoms with E-state index in [-0.39, 0.29) is 28.8 Å². The molecule has 0 amide bonds. The lowest BCUT2D eigenvalue weighted by Gasteiger charge is -2.51. The molecule has 2 atom stereocenters. The van der Waals surface area contributed by atoms with Gasteiger partial charge in [-0.15, -0.1) is 11.3 Å². The molecule has 1 saturated carbocycles. The molecule has 1 heterocycles. The number of allylic oxidation sites excluding steroid dienone is 4. The van der Waals surface area contributed by atoms with Gasteiger partial charge in [-0.3, -0.25) is 4.79 Å². The summed E-state index contributed by atoms with van der Waals surface area (Å²) in [5.74, 6) is 0.0873. The zero-order chi connectivity index (χ0) is 26.6. The molecule has 4 nitrogen and oxygen atoms in total. The molecule has 6 heteroatoms. The standard InChI is InChI=1S/C30H46O4SSi/c1-8-30(20-11-21-30)27(34-36(6,7)29(2,3)4)15-10-14-24-22(16-18-25(24)31)12-9-13-23-17-19-26(35-23)28(32)33-5/h14,16-19,22,27H,8-13,15,20-21H2,1-7H3/b24-14+/t22-,27?/m0/s1. The van der Waals surface area contributed by atoms with Crippen LogP contribution in [0.25, 0.3) is 0 Å². The van der Waals surface area contributed by atoms with E-state index in [1.807, 2.05) is 12.1 Å². The molecular weight excluding hydrogens is 484 g/mol. The Balaban J connectivity index is 1.60. The van der Waals surface area contributed by atoms with Crippen LogP contribution in [0.4, 0.5) is 0 Å². The number of rotatable bonds is 12. The Labute approximate surface area is 223 Å². The molecule has 0 aliphatic heterocycles. The molecule has 0 aromatic carbocycles. The highest BCUT2D eigenvalue weighted by Crippen LogP contribution is 2.51. The number of aryl methyl sites for hydroxylation is 1. The number of carbonyl (C=O) groups excluding carboxylic acids is 2. The minimum absolute atomic E-state index is 0.166. The molecule has 200 valence electrons. The number of ketones is 1. The first kappa shape index (κ1) is 29.1. The maximum Gasteiger partial charge on any atom is 0.348 e. The second kappa shape index (κ2) is 11.9. The van der Waals surface area contributed by atoms with Crippen molar-refractivity contribution in [2.75, 3.05) is 7.11 Å². The molecular formula is C30H46O4SSi. The number of esters is 1. The maximum absolute atomic E-state index is 12.7. The number of carbonyl (C=O) groups is 2. The van der Waals surface area contributed by atoms with Crippen LogP contribution in [-0.2, 0) is 20.4 Å². The molecule has 2 aliphatic rings. The topological polar surface area (TPSA) is 52.6 Å². The number of ether oxygens (including phenoxy) is 1. The lowest BCUT2D eigenvalue weighted by atomic mass is 9.62. The van der Waals surface area contributed by atoms with Gasteiger partial charge in [-0.05, 0) is 93.1 Å². The van der Waals surface area contributed by atoms with E-state index in [2.05, 4.69) is 52.9 Å². The molecule has 0 spiro atoms. The van der Waals surface area contributed by atoms with E-state index in [0.29, 0.717) is 10.3 Å². The van der Waals surface area contributed by atoms with Gasteiger partial charge < -0.3 is 9.16 Å². The zero-order valence-electron chi connectivity index (χ0n) is 23.4. The first-order valence-corrected chi connectivity index (χ1v) is 17.4. The third-order valence-electron chi connectivity index (χ3n) is 8.92. The number of hydrogen-bond donors (Lipinski definition) is 0. The molecule has 1 fully saturated rings. The lowest BCUT2D eigenvalue weighted by molar-refractivity contribution is -0.111. The summed E-state index contributed by atoms with van der Waals surface area (Å²) in [5, 5.41) is 0.193. The Hall–Kier alpha value is -1.50. The number of hydrogen-bond acceptors (Lipinski definition) is 5. The molecule has 36 heavy (non-hydrogen) atoms. The van der Waals surface area contributed by atoms with Crippen molar-refractivity contribution in [1.82, 2.24) is 0 Å². The second-order valence-electron chi connectivity index (χ2n) is 12.2. The summed E-state index contributed by atoms with van der Waals surface area (Å²) < 4.78 is 11.8. The summed E-state index contributed by atoms with van der Waals surface area (Å²) in [4.78, 5) is 26.2. The van der Waals surface area contributed by atoms with Gasteiger partial charge in [-0.25, -0.2) is 4.79 Å². The summed E-state index contributed by atoms with van der Waals surface area (Å²) in [7, 11) is -0.459. The van der Waals surface area contributed by atoms with Crippen molar-refractivity contribution >= 4 is 31.4 Å². The van der Waals surface area contributed by atoms with Gasteiger partial charge in [0, 0.05) is 16.4 Å². The highest BCUT2D eigenvalue weighted by atomic mass is 32.1. The van der Waals surface area contributed by atoms with E-state index >= 15 is 0 Å². The van der Waals surface area contributed by atoms with Crippen molar-refractivity contribution in [3.05, 3.63) is 45.7 Å². The highest BCUT2D eigenvalue weighted by molar-refractivity contribution is 7.13. The minimum atomic E-state index is -1.87. The van der Waals surface area contributed by atoms with Gasteiger partial charge in [0.1, 0.15) is 4.88 Å². The van der Waals surface area contributed by atoms with Gasteiger partial charge in [0.2, 0.25) is 0 Å². The van der Waals surface area contributed by atoms with E-state index in [9.17, 15) is 9.59 Å². The maximum atomic E-state index is 12.7. The molecule has 1 aromatic heterocycles. The van der Waals surface area contributed by atoms with Crippen LogP contribution in [0.1, 0.15) is 93.6 Å². The average molecular weight is 531 g/mol. The Morgan fingerprint density at radius 3 is 2.58 bits per heavy atom. The normalized spacial score (nSPS) is 21.6. The van der Waals surface area contributed by atoms with Gasteiger partial charge in [0.05, 0.1) is 13.2 Å². The molecule has 0 bridgehead atoms. The third-order valence-corrected chi connectivity index (χ3v) is 14.5. The summed E-state index contributed by atoms with van der Waals surface area (Å²) in [6.45, 7) is 14.0. The van der Waals surface area contributed by atoms with Crippen LogP contribution < -0.4 is 0 Å². The first-order valence-electron chi connectivity index (χ1n) is 13.7. The van der Waals surface area contributed by atoms with Crippen LogP contribution in [0.2, 0.25) is 18.1 Å². The van der Waals surface area contributed by atoms with Gasteiger partial charge >= 0.3 is 5.97 Å². The zero-order valence-corrected chi connectivity index (χ0v) is 25.3. The monoisotopic (exact) mass is 530 g/mol. The molecule has 2 aliphatic carbocycles. The molecule has 1 unspecified atom stereocenters. The van der Waals surface area contributed by atoms with E-state index in [0.717, 1.165) is 37.7 Å². The summed E-state index contributed by atoms with van der Waals surface area (Å²) in [6.07, 6.45) is 16.1. The average Bonchev–Trinajstić information content (AvgIpc) is 3.39. The molecule has 0 N–H and O–H groups in total. The van der Waals surface area contributed by atoms with Crippen LogP contribution >= 0.6 is 11.3 Å². The quantitative estimate of drug-likeness (QED) is 0.155. The van der Waals surface area contributed by atoms with E-state index < -0.39 is 8.32 Å². The summed E-state index contributed by atoms with van der Waals surface area (Å²) >= 11 is 1.50. The largest absolute Gasteiger partial charge is 0.465 e. The van der Waals surface area contributed by atoms with Crippen LogP contribution in [0, 0.1) is 11.3 Å². The molecule has 3 rings (SSSR count). The van der Waals surface area contributed by atoms with Crippen molar-refractivity contribution in [1.29, 1.82) is 0 Å². The van der Waals surface area contributed by atoms with Crippen molar-refractivity contribution in [3.8, 4) is 0 Å². The number of thiophene rings is 1. The Morgan fingerprint density at radius 2 is 2.00 bits per heavy atom. The predicted molar refractivity (Wildman–Crippen MR) is 152 cm³/mol. The summed E-state index contributed by atoms with van der Waals surface area (Å²) in [5.41, 5.74) is 1.27. The minimum Gasteiger partial charge on any atom is -0.465 e. The predicted octanol–water partition coefficient (Wildman–Crippen LogP) is 8.29. The second-order valence-corrected chi connectivity index (χ2v) is 18.1. The fourth-order valence-electron chi connectivity index (χ4n) is 5.26. The van der Waals surface area contributed by atoms with Crippen LogP contribution in [-0.4, -0.2) is 33.3 Å². The fourth-order valence-corrected chi connectivity index (χ4v) is 7.66. The smallest absolute Gasteiger partial charge is 0.348 e. The molecule has 0 saturated heterocycles. The fraction of sp³-hybridized carbons (Fsp3) is 0.667. The Kier molecular flexibility index (Phi) is 9.61. The van der Waals surface area contributed by atoms with Gasteiger partial charge in [-0.1, -0.05) is 46.3 Å². The number of methoxy groups -OCH3 is 1. The first-order chi connectivity index (χ1) is 16.9. The van der Waals surface area contributed by atoms with Gasteiger partial charge in [-0.2, -0.15) is 0 Å². The molecule has 1 aromatic rings. The van der Waals surface area contributed by atoms with Gasteiger partial charge in [0.15, 0.2) is 14.1 Å². The van der Waals surface area contributed by atoms with Crippen LogP contribution in [0.15, 0.2) is 35.9 Å². The van der Waals surface area contributed by atoms with E-state index in [1.54, 1.807) is 6.08 Å². The van der Waals surface area contributed by atoms with Crippen LogP contribution in [0.3, 0.4) is 0 Å². The van der Waals surface area contributed by atoms with Crippen LogP contribution in [0.5, 0.6) is 0 Å². The third kappa shape index (κ3) is 6.67. The Bertz CT molecular complexity index is 972. The van der Waals surface area contributed by atoms with E-state index in [4.69, 9.17) is 9.16 Å². The summed E-state index contributed by atoms with van der Waals surface area (Å²) in [6, 6.07) is 3.85. The molecule has 0 radical (unpaired) electrons. The van der Waals surface area contributed by atoms with Crippen molar-refractivity contribution < 1.29 is 18.8 Å². The van der Waals surface area contributed by atoms with Crippen molar-refractivity contribution in [2.24, 2.45) is 11.3 Å². The SMILES string of the molecule is CCC1(C(CC/C=C2/C(=O)C=C[C@@H]2CCCc2ccc(C(=O)OC)s2)O[Si](C)(C)C(C)(C)C)CCC1. The van der Waals surface area contributed by atoms with Gasteiger partial charge in [0.25, 0.3) is 0 Å². The van der Waals surface area contributed by atoms with E-state index in [1.165, 1.54) is 49.0 Å². The highest BCUT2D eigenvalue weighted by Gasteiger charge is 2.47. The van der Waals surface area contributed by atoms with Crippen molar-refractivity contribution in [2.45, 2.75) is 110 Å².